The molecule has 0 aromatic carbocycles. The monoisotopic (exact) mass is 357 g/mol. The number of sulfonamides is 1. The number of nitriles is 1. The van der Waals surface area contributed by atoms with E-state index in [0.29, 0.717) is 30.7 Å². The van der Waals surface area contributed by atoms with Gasteiger partial charge in [-0.2, -0.15) is 15.5 Å². The zero-order valence-electron chi connectivity index (χ0n) is 13.3. The number of nitrogens with zero attached hydrogens (tertiary/aromatic N) is 6. The Morgan fingerprint density at radius 1 is 1.36 bits per heavy atom. The van der Waals surface area contributed by atoms with Crippen LogP contribution in [-0.2, 0) is 10.0 Å². The normalized spacial score (nSPS) is 19.2. The van der Waals surface area contributed by atoms with Gasteiger partial charge in [-0.3, -0.25) is 0 Å². The van der Waals surface area contributed by atoms with Crippen molar-refractivity contribution in [2.24, 2.45) is 0 Å². The standard InChI is InChI=1S/C15H15N7O2S/c16-4-7-25(23,24)22-6-1-2-10(9-22)14-13-11-3-5-17-15(11)21-19-12(13)8-18-20-14/h3,5,8,10H,1-2,6-7,9H2,(H,17,21). The molecule has 4 heterocycles. The summed E-state index contributed by atoms with van der Waals surface area (Å²) in [4.78, 5) is 3.03. The van der Waals surface area contributed by atoms with Gasteiger partial charge in [-0.25, -0.2) is 12.7 Å². The minimum absolute atomic E-state index is 0.0966. The summed E-state index contributed by atoms with van der Waals surface area (Å²) in [6, 6.07) is 3.64. The van der Waals surface area contributed by atoms with E-state index in [1.807, 2.05) is 6.07 Å². The van der Waals surface area contributed by atoms with Crippen molar-refractivity contribution in [2.75, 3.05) is 18.8 Å². The molecule has 0 spiro atoms. The maximum absolute atomic E-state index is 12.2. The molecule has 0 bridgehead atoms. The molecule has 9 nitrogen and oxygen atoms in total. The molecule has 1 fully saturated rings. The summed E-state index contributed by atoms with van der Waals surface area (Å²) in [7, 11) is -3.57. The van der Waals surface area contributed by atoms with Crippen LogP contribution >= 0.6 is 0 Å². The summed E-state index contributed by atoms with van der Waals surface area (Å²) < 4.78 is 25.9. The largest absolute Gasteiger partial charge is 0.345 e. The third-order valence-electron chi connectivity index (χ3n) is 4.52. The lowest BCUT2D eigenvalue weighted by atomic mass is 9.93. The van der Waals surface area contributed by atoms with E-state index in [9.17, 15) is 8.42 Å². The van der Waals surface area contributed by atoms with E-state index in [1.54, 1.807) is 18.5 Å². The van der Waals surface area contributed by atoms with Crippen LogP contribution < -0.4 is 0 Å². The Kier molecular flexibility index (Phi) is 3.82. The molecule has 1 aliphatic rings. The fourth-order valence-corrected chi connectivity index (χ4v) is 4.53. The maximum atomic E-state index is 12.2. The van der Waals surface area contributed by atoms with Gasteiger partial charge in [0.25, 0.3) is 0 Å². The number of aromatic amines is 1. The summed E-state index contributed by atoms with van der Waals surface area (Å²) in [5, 5.41) is 27.1. The van der Waals surface area contributed by atoms with Gasteiger partial charge in [-0.1, -0.05) is 0 Å². The number of nitrogens with one attached hydrogen (secondary N) is 1. The van der Waals surface area contributed by atoms with Crippen LogP contribution in [0.25, 0.3) is 21.9 Å². The Morgan fingerprint density at radius 3 is 3.08 bits per heavy atom. The first-order valence-electron chi connectivity index (χ1n) is 7.90. The van der Waals surface area contributed by atoms with Crippen molar-refractivity contribution in [1.29, 1.82) is 5.26 Å². The van der Waals surface area contributed by atoms with Crippen molar-refractivity contribution in [3.63, 3.8) is 0 Å². The zero-order valence-corrected chi connectivity index (χ0v) is 14.1. The number of hydrogen-bond acceptors (Lipinski definition) is 7. The lowest BCUT2D eigenvalue weighted by molar-refractivity contribution is 0.314. The van der Waals surface area contributed by atoms with E-state index in [2.05, 4.69) is 25.4 Å². The van der Waals surface area contributed by atoms with Gasteiger partial charge in [-0.05, 0) is 18.9 Å². The lowest BCUT2D eigenvalue weighted by Gasteiger charge is -2.31. The smallest absolute Gasteiger partial charge is 0.227 e. The molecule has 128 valence electrons. The molecule has 0 saturated carbocycles. The number of fused-ring (bicyclic) bond motifs is 3. The van der Waals surface area contributed by atoms with Crippen LogP contribution in [0, 0.1) is 11.3 Å². The van der Waals surface area contributed by atoms with E-state index in [-0.39, 0.29) is 5.92 Å². The highest BCUT2D eigenvalue weighted by atomic mass is 32.2. The summed E-state index contributed by atoms with van der Waals surface area (Å²) in [5.41, 5.74) is 2.02. The topological polar surface area (TPSA) is 129 Å². The fourth-order valence-electron chi connectivity index (χ4n) is 3.37. The highest BCUT2D eigenvalue weighted by Gasteiger charge is 2.31. The summed E-state index contributed by atoms with van der Waals surface area (Å²) in [6.07, 6.45) is 4.86. The molecule has 1 unspecified atom stereocenters. The van der Waals surface area contributed by atoms with E-state index >= 15 is 0 Å². The van der Waals surface area contributed by atoms with Gasteiger partial charge in [0.2, 0.25) is 10.0 Å². The van der Waals surface area contributed by atoms with Crippen LogP contribution in [0.4, 0.5) is 0 Å². The second kappa shape index (κ2) is 6.02. The highest BCUT2D eigenvalue weighted by Crippen LogP contribution is 2.33. The van der Waals surface area contributed by atoms with Crippen molar-refractivity contribution >= 4 is 32.0 Å². The number of aromatic nitrogens is 5. The van der Waals surface area contributed by atoms with Crippen molar-refractivity contribution in [1.82, 2.24) is 29.7 Å². The first-order chi connectivity index (χ1) is 12.1. The van der Waals surface area contributed by atoms with Gasteiger partial charge in [0.15, 0.2) is 11.4 Å². The average molecular weight is 357 g/mol. The van der Waals surface area contributed by atoms with Crippen LogP contribution in [0.2, 0.25) is 0 Å². The Balaban J connectivity index is 1.79. The molecule has 4 rings (SSSR count). The summed E-state index contributed by atoms with van der Waals surface area (Å²) in [5.74, 6) is -0.602. The van der Waals surface area contributed by atoms with Crippen molar-refractivity contribution in [2.45, 2.75) is 18.8 Å². The quantitative estimate of drug-likeness (QED) is 0.738. The van der Waals surface area contributed by atoms with Gasteiger partial charge in [0.05, 0.1) is 18.0 Å². The number of H-pyrrole nitrogens is 1. The molecule has 1 aliphatic heterocycles. The SMILES string of the molecule is N#CCS(=O)(=O)N1CCCC(c2nncc3nnc4[nH]ccc4c23)C1. The maximum Gasteiger partial charge on any atom is 0.227 e. The molecule has 3 aromatic heterocycles. The number of piperidine rings is 1. The van der Waals surface area contributed by atoms with E-state index < -0.39 is 15.8 Å². The Morgan fingerprint density at radius 2 is 2.24 bits per heavy atom. The first-order valence-corrected chi connectivity index (χ1v) is 9.51. The predicted octanol–water partition coefficient (Wildman–Crippen LogP) is 0.934. The molecule has 10 heteroatoms. The summed E-state index contributed by atoms with van der Waals surface area (Å²) in [6.45, 7) is 0.726. The predicted molar refractivity (Wildman–Crippen MR) is 89.9 cm³/mol. The third kappa shape index (κ3) is 2.71. The molecule has 0 amide bonds. The lowest BCUT2D eigenvalue weighted by Crippen LogP contribution is -2.40. The van der Waals surface area contributed by atoms with Crippen molar-refractivity contribution in [3.8, 4) is 6.07 Å². The summed E-state index contributed by atoms with van der Waals surface area (Å²) >= 11 is 0. The van der Waals surface area contributed by atoms with Gasteiger partial charge in [-0.15, -0.1) is 10.2 Å². The molecular weight excluding hydrogens is 342 g/mol. The van der Waals surface area contributed by atoms with E-state index in [4.69, 9.17) is 5.26 Å². The molecule has 3 aromatic rings. The molecule has 1 atom stereocenters. The second-order valence-corrected chi connectivity index (χ2v) is 8.01. The second-order valence-electron chi connectivity index (χ2n) is 6.04. The van der Waals surface area contributed by atoms with Crippen LogP contribution in [0.1, 0.15) is 24.5 Å². The van der Waals surface area contributed by atoms with Gasteiger partial charge >= 0.3 is 0 Å². The number of hydrogen-bond donors (Lipinski definition) is 1. The van der Waals surface area contributed by atoms with E-state index in [0.717, 1.165) is 22.9 Å². The van der Waals surface area contributed by atoms with Crippen LogP contribution in [0.3, 0.4) is 0 Å². The minimum Gasteiger partial charge on any atom is -0.345 e. The molecule has 25 heavy (non-hydrogen) atoms. The highest BCUT2D eigenvalue weighted by molar-refractivity contribution is 7.89. The van der Waals surface area contributed by atoms with Crippen LogP contribution in [0.5, 0.6) is 0 Å². The Labute approximate surface area is 143 Å². The Bertz CT molecular complexity index is 1090. The zero-order chi connectivity index (χ0) is 17.4. The van der Waals surface area contributed by atoms with Gasteiger partial charge < -0.3 is 4.98 Å². The van der Waals surface area contributed by atoms with Gasteiger partial charge in [0.1, 0.15) is 5.52 Å². The fraction of sp³-hybridized carbons (Fsp3) is 0.400. The van der Waals surface area contributed by atoms with Crippen LogP contribution in [0.15, 0.2) is 18.5 Å². The molecule has 0 aliphatic carbocycles. The van der Waals surface area contributed by atoms with Crippen LogP contribution in [-0.4, -0.2) is 56.9 Å². The number of rotatable bonds is 3. The average Bonchev–Trinajstić information content (AvgIpc) is 3.10. The molecule has 0 radical (unpaired) electrons. The molecule has 1 N–H and O–H groups in total. The third-order valence-corrected chi connectivity index (χ3v) is 6.13. The molecular formula is C15H15N7O2S. The van der Waals surface area contributed by atoms with Crippen molar-refractivity contribution < 1.29 is 8.42 Å². The minimum atomic E-state index is -3.57. The van der Waals surface area contributed by atoms with Gasteiger partial charge in [0, 0.05) is 36.0 Å². The van der Waals surface area contributed by atoms with E-state index in [1.165, 1.54) is 4.31 Å². The Hall–Kier alpha value is -2.64. The molecule has 1 saturated heterocycles. The van der Waals surface area contributed by atoms with Crippen molar-refractivity contribution in [3.05, 3.63) is 24.2 Å². The first kappa shape index (κ1) is 15.9.